The molecule has 0 amide bonds. The highest BCUT2D eigenvalue weighted by Crippen LogP contribution is 2.32. The van der Waals surface area contributed by atoms with Crippen molar-refractivity contribution in [1.29, 1.82) is 0 Å². The van der Waals surface area contributed by atoms with Crippen LogP contribution in [0.4, 0.5) is 0 Å². The van der Waals surface area contributed by atoms with Crippen molar-refractivity contribution in [2.24, 2.45) is 0 Å². The molecule has 1 N–H and O–H groups in total. The first-order valence-electron chi connectivity index (χ1n) is 9.67. The van der Waals surface area contributed by atoms with Crippen LogP contribution in [0.1, 0.15) is 30.8 Å². The largest absolute Gasteiger partial charge is 0.480 e. The van der Waals surface area contributed by atoms with Crippen LogP contribution in [-0.4, -0.2) is 20.6 Å². The number of rotatable bonds is 5. The van der Waals surface area contributed by atoms with Crippen LogP contribution < -0.4 is 5.56 Å². The highest BCUT2D eigenvalue weighted by atomic mass is 32.1. The van der Waals surface area contributed by atoms with Crippen LogP contribution >= 0.6 is 11.3 Å². The predicted octanol–water partition coefficient (Wildman–Crippen LogP) is 4.84. The van der Waals surface area contributed by atoms with Crippen molar-refractivity contribution >= 4 is 27.5 Å². The predicted molar refractivity (Wildman–Crippen MR) is 120 cm³/mol. The summed E-state index contributed by atoms with van der Waals surface area (Å²) in [5, 5.41) is 12.3. The number of fused-ring (bicyclic) bond motifs is 1. The molecule has 0 saturated carbocycles. The van der Waals surface area contributed by atoms with Gasteiger partial charge in [0.05, 0.1) is 5.39 Å². The number of carboxylic acids is 1. The van der Waals surface area contributed by atoms with Gasteiger partial charge in [-0.15, -0.1) is 11.3 Å². The van der Waals surface area contributed by atoms with Crippen LogP contribution in [0.15, 0.2) is 64.8 Å². The Morgan fingerprint density at radius 1 is 1.10 bits per heavy atom. The first kappa shape index (κ1) is 20.0. The van der Waals surface area contributed by atoms with Crippen molar-refractivity contribution < 1.29 is 9.90 Å². The third-order valence-corrected chi connectivity index (χ3v) is 6.20. The van der Waals surface area contributed by atoms with E-state index in [1.165, 1.54) is 29.8 Å². The molecule has 0 bridgehead atoms. The highest BCUT2D eigenvalue weighted by Gasteiger charge is 2.34. The van der Waals surface area contributed by atoms with Gasteiger partial charge in [-0.1, -0.05) is 60.2 Å². The maximum atomic E-state index is 13.7. The molecule has 2 aromatic heterocycles. The molecule has 152 valence electrons. The van der Waals surface area contributed by atoms with Crippen molar-refractivity contribution in [3.05, 3.63) is 87.3 Å². The third kappa shape index (κ3) is 3.44. The fourth-order valence-electron chi connectivity index (χ4n) is 3.55. The number of aromatic nitrogens is 2. The summed E-state index contributed by atoms with van der Waals surface area (Å²) in [4.78, 5) is 31.1. The molecule has 4 rings (SSSR count). The first-order valence-corrected chi connectivity index (χ1v) is 10.5. The SMILES string of the molecule is Cc1ccc(-c2csc3nc(Cc4ccccc4)n(C(C)(C)C(=O)O)c(=O)c23)cc1. The Morgan fingerprint density at radius 2 is 1.77 bits per heavy atom. The average molecular weight is 419 g/mol. The topological polar surface area (TPSA) is 72.2 Å². The fourth-order valence-corrected chi connectivity index (χ4v) is 4.50. The maximum absolute atomic E-state index is 13.7. The lowest BCUT2D eigenvalue weighted by Crippen LogP contribution is -2.45. The monoisotopic (exact) mass is 418 g/mol. The number of aliphatic carboxylic acids is 1. The van der Waals surface area contributed by atoms with E-state index in [1.54, 1.807) is 0 Å². The van der Waals surface area contributed by atoms with Crippen molar-refractivity contribution in [3.8, 4) is 11.1 Å². The lowest BCUT2D eigenvalue weighted by atomic mass is 10.0. The molecule has 5 nitrogen and oxygen atoms in total. The minimum absolute atomic E-state index is 0.324. The van der Waals surface area contributed by atoms with Crippen molar-refractivity contribution in [2.45, 2.75) is 32.7 Å². The van der Waals surface area contributed by atoms with Gasteiger partial charge in [0.15, 0.2) is 0 Å². The molecule has 0 aliphatic carbocycles. The fraction of sp³-hybridized carbons (Fsp3) is 0.208. The van der Waals surface area contributed by atoms with E-state index in [1.807, 2.05) is 66.9 Å². The molecular weight excluding hydrogens is 396 g/mol. The van der Waals surface area contributed by atoms with Gasteiger partial charge in [0.1, 0.15) is 16.2 Å². The van der Waals surface area contributed by atoms with Crippen LogP contribution in [0, 0.1) is 6.92 Å². The second-order valence-electron chi connectivity index (χ2n) is 7.89. The van der Waals surface area contributed by atoms with Gasteiger partial charge < -0.3 is 5.11 Å². The van der Waals surface area contributed by atoms with Crippen LogP contribution in [0.25, 0.3) is 21.3 Å². The molecule has 0 spiro atoms. The van der Waals surface area contributed by atoms with Gasteiger partial charge in [-0.25, -0.2) is 9.78 Å². The van der Waals surface area contributed by atoms with Gasteiger partial charge in [0.25, 0.3) is 5.56 Å². The van der Waals surface area contributed by atoms with E-state index in [0.29, 0.717) is 22.5 Å². The van der Waals surface area contributed by atoms with E-state index < -0.39 is 11.5 Å². The van der Waals surface area contributed by atoms with E-state index in [0.717, 1.165) is 22.3 Å². The highest BCUT2D eigenvalue weighted by molar-refractivity contribution is 7.17. The number of hydrogen-bond donors (Lipinski definition) is 1. The quantitative estimate of drug-likeness (QED) is 0.503. The zero-order valence-electron chi connectivity index (χ0n) is 17.0. The Bertz CT molecular complexity index is 1290. The minimum Gasteiger partial charge on any atom is -0.480 e. The number of nitrogens with zero attached hydrogens (tertiary/aromatic N) is 2. The molecule has 0 unspecified atom stereocenters. The summed E-state index contributed by atoms with van der Waals surface area (Å²) >= 11 is 1.41. The molecule has 0 atom stereocenters. The van der Waals surface area contributed by atoms with Crippen LogP contribution in [0.3, 0.4) is 0 Å². The molecule has 4 aromatic rings. The number of hydrogen-bond acceptors (Lipinski definition) is 4. The van der Waals surface area contributed by atoms with E-state index in [4.69, 9.17) is 4.98 Å². The van der Waals surface area contributed by atoms with Gasteiger partial charge in [-0.3, -0.25) is 9.36 Å². The Kier molecular flexibility index (Phi) is 5.03. The Morgan fingerprint density at radius 3 is 2.40 bits per heavy atom. The average Bonchev–Trinajstić information content (AvgIpc) is 3.13. The van der Waals surface area contributed by atoms with Crippen LogP contribution in [0.2, 0.25) is 0 Å². The summed E-state index contributed by atoms with van der Waals surface area (Å²) in [5.74, 6) is -0.629. The summed E-state index contributed by atoms with van der Waals surface area (Å²) in [5.41, 5.74) is 2.04. The van der Waals surface area contributed by atoms with Gasteiger partial charge >= 0.3 is 5.97 Å². The van der Waals surface area contributed by atoms with E-state index in [9.17, 15) is 14.7 Å². The zero-order valence-corrected chi connectivity index (χ0v) is 17.9. The third-order valence-electron chi connectivity index (χ3n) is 5.33. The van der Waals surface area contributed by atoms with Crippen molar-refractivity contribution in [2.75, 3.05) is 0 Å². The van der Waals surface area contributed by atoms with Gasteiger partial charge in [0, 0.05) is 17.4 Å². The van der Waals surface area contributed by atoms with Crippen molar-refractivity contribution in [1.82, 2.24) is 9.55 Å². The smallest absolute Gasteiger partial charge is 0.329 e. The maximum Gasteiger partial charge on any atom is 0.329 e. The van der Waals surface area contributed by atoms with E-state index >= 15 is 0 Å². The number of carbonyl (C=O) groups is 1. The zero-order chi connectivity index (χ0) is 21.5. The summed E-state index contributed by atoms with van der Waals surface area (Å²) in [6, 6.07) is 17.6. The Hall–Kier alpha value is -3.25. The lowest BCUT2D eigenvalue weighted by molar-refractivity contribution is -0.146. The summed E-state index contributed by atoms with van der Waals surface area (Å²) < 4.78 is 1.34. The normalized spacial score (nSPS) is 11.7. The summed E-state index contributed by atoms with van der Waals surface area (Å²) in [6.45, 7) is 5.09. The second kappa shape index (κ2) is 7.54. The van der Waals surface area contributed by atoms with Gasteiger partial charge in [-0.2, -0.15) is 0 Å². The Balaban J connectivity index is 1.99. The molecule has 0 saturated heterocycles. The molecule has 0 fully saturated rings. The number of thiophene rings is 1. The minimum atomic E-state index is -1.44. The van der Waals surface area contributed by atoms with Crippen LogP contribution in [-0.2, 0) is 16.8 Å². The molecule has 30 heavy (non-hydrogen) atoms. The molecule has 2 aromatic carbocycles. The molecular formula is C24H22N2O3S. The Labute approximate surface area is 178 Å². The van der Waals surface area contributed by atoms with Gasteiger partial charge in [0.2, 0.25) is 0 Å². The van der Waals surface area contributed by atoms with Crippen LogP contribution in [0.5, 0.6) is 0 Å². The van der Waals surface area contributed by atoms with Gasteiger partial charge in [-0.05, 0) is 31.9 Å². The molecule has 0 aliphatic heterocycles. The number of benzene rings is 2. The summed E-state index contributed by atoms with van der Waals surface area (Å²) in [6.07, 6.45) is 0.375. The van der Waals surface area contributed by atoms with Crippen molar-refractivity contribution in [3.63, 3.8) is 0 Å². The molecule has 0 radical (unpaired) electrons. The molecule has 0 aliphatic rings. The first-order chi connectivity index (χ1) is 14.3. The molecule has 2 heterocycles. The molecule has 6 heteroatoms. The van der Waals surface area contributed by atoms with E-state index in [-0.39, 0.29) is 5.56 Å². The summed E-state index contributed by atoms with van der Waals surface area (Å²) in [7, 11) is 0. The van der Waals surface area contributed by atoms with E-state index in [2.05, 4.69) is 0 Å². The second-order valence-corrected chi connectivity index (χ2v) is 8.75. The standard InChI is InChI=1S/C24H22N2O3S/c1-15-9-11-17(12-10-15)18-14-30-21-20(18)22(27)26(24(2,3)23(28)29)19(25-21)13-16-7-5-4-6-8-16/h4-12,14H,13H2,1-3H3,(H,28,29). The lowest BCUT2D eigenvalue weighted by Gasteiger charge is -2.25. The number of carboxylic acid groups (broad SMARTS) is 1. The number of aryl methyl sites for hydroxylation is 1.